The number of hydrogen-bond donors (Lipinski definition) is 13. The predicted octanol–water partition coefficient (Wildman–Crippen LogP) is -2.47. The number of halogens is 1. The molecule has 10 amide bonds. The van der Waals surface area contributed by atoms with Crippen molar-refractivity contribution in [3.8, 4) is 11.4 Å². The van der Waals surface area contributed by atoms with E-state index in [-0.39, 0.29) is 76.1 Å². The summed E-state index contributed by atoms with van der Waals surface area (Å²) >= 11 is 0. The summed E-state index contributed by atoms with van der Waals surface area (Å²) in [6.45, 7) is 2.68. The molecule has 5 aliphatic rings. The number of imide groups is 1. The quantitative estimate of drug-likeness (QED) is 0.00947. The van der Waals surface area contributed by atoms with E-state index in [1.54, 1.807) is 64.1 Å². The number of hydrogen-bond acceptors (Lipinski definition) is 21. The summed E-state index contributed by atoms with van der Waals surface area (Å²) in [4.78, 5) is 164. The van der Waals surface area contributed by atoms with Crippen molar-refractivity contribution in [3.63, 3.8) is 0 Å². The third-order valence-corrected chi connectivity index (χ3v) is 18.3. The van der Waals surface area contributed by atoms with Crippen LogP contribution in [-0.4, -0.2) is 200 Å². The Morgan fingerprint density at radius 3 is 2.14 bits per heavy atom. The number of carbonyl (C=O) groups is 11. The Kier molecular flexibility index (Phi) is 23.9. The number of pyridine rings is 2. The van der Waals surface area contributed by atoms with E-state index in [4.69, 9.17) is 19.2 Å². The summed E-state index contributed by atoms with van der Waals surface area (Å²) in [5.41, 5.74) is 0.425. The van der Waals surface area contributed by atoms with Gasteiger partial charge in [0.2, 0.25) is 47.3 Å². The molecule has 1 saturated heterocycles. The molecule has 99 heavy (non-hydrogen) atoms. The number of unbranched alkanes of at least 4 members (excludes halogenated alkanes) is 2. The molecular weight excluding hydrogens is 1300 g/mol. The molecule has 2 aromatic heterocycles. The summed E-state index contributed by atoms with van der Waals surface area (Å²) in [5.74, 6) is -8.11. The molecule has 9 atom stereocenters. The Hall–Kier alpha value is -9.44. The number of ether oxygens (including phenoxy) is 3. The van der Waals surface area contributed by atoms with Crippen molar-refractivity contribution in [2.45, 2.75) is 159 Å². The molecule has 0 unspecified atom stereocenters. The van der Waals surface area contributed by atoms with Crippen LogP contribution in [0.2, 0.25) is 0 Å². The van der Waals surface area contributed by atoms with Gasteiger partial charge in [0.05, 0.1) is 73.3 Å². The number of amides is 10. The summed E-state index contributed by atoms with van der Waals surface area (Å²) in [6.07, 6.45) is -4.23. The van der Waals surface area contributed by atoms with Crippen LogP contribution in [0.1, 0.15) is 117 Å². The standard InChI is InChI=1S/C67H82FN11O20/c1-5-67(96)39-23-45-57-37(29-79(45)63(93)38(39)31-98-65(67)95)56-41(16-15-36-34(2)40(68)24-43(76-57)55(36)56)77-64(94)66(3,4)32-97-33-73-51(84)27-72-62(92)44(22-35-12-8-6-9-13-35)75-52(85)28-70-50(83)26-71-61(91)42(74-49(82)14-10-7-11-21-78-53(86)19-20-54(78)87)17-18-48(81)69-25-46-58(88)60(90)59(89)47(30-80)99-46/h6,8-9,12-13,19-20,23-24,41-42,44,46-47,58-60,80,88-90,96H,5,7,10-11,14-18,21-22,25-33H2,1-4H3,(H,69,81)(H,70,83)(H,71,91)(H,72,92)(H,73,84)(H,74,82)(H,75,85)(H,77,94)/t41-,42-,44-,46-,47+,58-,59+,60+,67-/m0/s1. The number of carbonyl (C=O) groups excluding carboxylic acids is 11. The van der Waals surface area contributed by atoms with E-state index >= 15 is 4.39 Å². The number of rotatable bonds is 31. The molecule has 4 aromatic rings. The number of fused-ring (bicyclic) bond motifs is 5. The largest absolute Gasteiger partial charge is 0.458 e. The average Bonchev–Trinajstić information content (AvgIpc) is 1.59. The van der Waals surface area contributed by atoms with E-state index in [0.717, 1.165) is 17.1 Å². The molecule has 31 nitrogen and oxygen atoms in total. The van der Waals surface area contributed by atoms with E-state index < -0.39 is 175 Å². The van der Waals surface area contributed by atoms with Gasteiger partial charge < -0.3 is 86.8 Å². The van der Waals surface area contributed by atoms with Crippen LogP contribution in [0.15, 0.2) is 59.4 Å². The molecule has 4 aliphatic heterocycles. The number of aliphatic hydroxyl groups is 5. The maximum Gasteiger partial charge on any atom is 0.343 e. The zero-order valence-corrected chi connectivity index (χ0v) is 55.0. The maximum atomic E-state index is 15.5. The Morgan fingerprint density at radius 2 is 1.44 bits per heavy atom. The van der Waals surface area contributed by atoms with E-state index in [1.807, 2.05) is 0 Å². The van der Waals surface area contributed by atoms with Gasteiger partial charge in [-0.15, -0.1) is 0 Å². The number of nitrogens with zero attached hydrogens (tertiary/aromatic N) is 3. The first-order valence-corrected chi connectivity index (χ1v) is 32.7. The minimum atomic E-state index is -2.08. The van der Waals surface area contributed by atoms with E-state index in [2.05, 4.69) is 42.5 Å². The van der Waals surface area contributed by atoms with Crippen molar-refractivity contribution < 1.29 is 96.9 Å². The van der Waals surface area contributed by atoms with Gasteiger partial charge in [-0.1, -0.05) is 43.7 Å². The lowest BCUT2D eigenvalue weighted by Gasteiger charge is -2.40. The Bertz CT molecular complexity index is 3900. The van der Waals surface area contributed by atoms with Crippen LogP contribution < -0.4 is 48.1 Å². The van der Waals surface area contributed by atoms with Gasteiger partial charge >= 0.3 is 5.97 Å². The zero-order chi connectivity index (χ0) is 71.6. The fraction of sp³-hybridized carbons (Fsp3) is 0.507. The van der Waals surface area contributed by atoms with Crippen LogP contribution in [0, 0.1) is 18.2 Å². The van der Waals surface area contributed by atoms with Crippen molar-refractivity contribution in [2.75, 3.05) is 52.7 Å². The molecular formula is C67H82FN11O20. The van der Waals surface area contributed by atoms with Crippen LogP contribution in [0.25, 0.3) is 22.3 Å². The van der Waals surface area contributed by atoms with E-state index in [9.17, 15) is 83.1 Å². The van der Waals surface area contributed by atoms with Crippen molar-refractivity contribution in [3.05, 3.63) is 110 Å². The molecule has 0 spiro atoms. The lowest BCUT2D eigenvalue weighted by atomic mass is 9.81. The van der Waals surface area contributed by atoms with Crippen molar-refractivity contribution in [1.29, 1.82) is 0 Å². The second-order valence-corrected chi connectivity index (χ2v) is 25.7. The normalized spacial score (nSPS) is 21.1. The van der Waals surface area contributed by atoms with Crippen LogP contribution >= 0.6 is 0 Å². The highest BCUT2D eigenvalue weighted by molar-refractivity contribution is 6.13. The number of benzene rings is 2. The lowest BCUT2D eigenvalue weighted by molar-refractivity contribution is -0.227. The van der Waals surface area contributed by atoms with Gasteiger partial charge in [-0.2, -0.15) is 0 Å². The van der Waals surface area contributed by atoms with Gasteiger partial charge in [-0.3, -0.25) is 57.6 Å². The second-order valence-electron chi connectivity index (χ2n) is 25.7. The predicted molar refractivity (Wildman–Crippen MR) is 345 cm³/mol. The van der Waals surface area contributed by atoms with Gasteiger partial charge in [-0.05, 0) is 87.6 Å². The third kappa shape index (κ3) is 17.0. The van der Waals surface area contributed by atoms with Gasteiger partial charge in [0.1, 0.15) is 61.8 Å². The number of aliphatic hydroxyl groups excluding tert-OH is 4. The molecule has 6 heterocycles. The Labute approximate surface area is 566 Å². The third-order valence-electron chi connectivity index (χ3n) is 18.3. The second kappa shape index (κ2) is 32.0. The SMILES string of the molecule is CC[C@@]1(O)C(=O)OCc2c1cc1n(c2=O)Cc2c-1nc1cc(F)c(C)c3c1c2[C@@H](NC(=O)C(C)(C)COCNC(=O)CNC(=O)[C@H](Cc1ccccc1)NC(=O)CNC(=O)CNC(=O)[C@H](CCC(=O)NC[C@@H]1O[C@H](CO)[C@@H](O)[C@H](O)[C@H]1O)NC(=O)CCCCCN1C(=O)C=CC1=O)CC3. The van der Waals surface area contributed by atoms with E-state index in [0.29, 0.717) is 75.8 Å². The minimum Gasteiger partial charge on any atom is -0.458 e. The van der Waals surface area contributed by atoms with Crippen molar-refractivity contribution in [2.24, 2.45) is 5.41 Å². The minimum absolute atomic E-state index is 0.0332. The van der Waals surface area contributed by atoms with Crippen LogP contribution in [0.3, 0.4) is 0 Å². The maximum absolute atomic E-state index is 15.5. The first-order valence-electron chi connectivity index (χ1n) is 32.7. The smallest absolute Gasteiger partial charge is 0.343 e. The van der Waals surface area contributed by atoms with Crippen molar-refractivity contribution >= 4 is 75.9 Å². The molecule has 9 rings (SSSR count). The molecule has 1 aliphatic carbocycles. The fourth-order valence-corrected chi connectivity index (χ4v) is 12.6. The highest BCUT2D eigenvalue weighted by Crippen LogP contribution is 2.46. The van der Waals surface area contributed by atoms with Gasteiger partial charge in [0.25, 0.3) is 17.4 Å². The molecule has 532 valence electrons. The molecule has 1 fully saturated rings. The molecule has 32 heteroatoms. The Balaban J connectivity index is 0.744. The monoisotopic (exact) mass is 1380 g/mol. The number of esters is 1. The summed E-state index contributed by atoms with van der Waals surface area (Å²) in [6, 6.07) is 8.09. The first kappa shape index (κ1) is 73.8. The van der Waals surface area contributed by atoms with Crippen LogP contribution in [0.4, 0.5) is 4.39 Å². The molecule has 2 aromatic carbocycles. The number of aromatic nitrogens is 2. The highest BCUT2D eigenvalue weighted by atomic mass is 19.1. The topological polar surface area (TPSA) is 451 Å². The van der Waals surface area contributed by atoms with Crippen LogP contribution in [-0.2, 0) is 98.5 Å². The average molecular weight is 1380 g/mol. The van der Waals surface area contributed by atoms with Gasteiger partial charge in [0, 0.05) is 67.1 Å². The van der Waals surface area contributed by atoms with Gasteiger partial charge in [0.15, 0.2) is 5.60 Å². The number of nitrogens with one attached hydrogen (secondary N) is 8. The fourth-order valence-electron chi connectivity index (χ4n) is 12.6. The highest BCUT2D eigenvalue weighted by Gasteiger charge is 2.47. The Morgan fingerprint density at radius 1 is 0.778 bits per heavy atom. The molecule has 0 bridgehead atoms. The molecule has 13 N–H and O–H groups in total. The molecule has 0 radical (unpaired) electrons. The number of cyclic esters (lactones) is 1. The summed E-state index contributed by atoms with van der Waals surface area (Å²) in [7, 11) is 0. The zero-order valence-electron chi connectivity index (χ0n) is 55.0. The van der Waals surface area contributed by atoms with Crippen molar-refractivity contribution in [1.82, 2.24) is 57.0 Å². The lowest BCUT2D eigenvalue weighted by Crippen LogP contribution is -2.60. The van der Waals surface area contributed by atoms with E-state index in [1.165, 1.54) is 10.6 Å². The molecule has 0 saturated carbocycles. The first-order chi connectivity index (χ1) is 47.1. The van der Waals surface area contributed by atoms with Crippen LogP contribution in [0.5, 0.6) is 0 Å². The number of aryl methyl sites for hydroxylation is 1. The van der Waals surface area contributed by atoms with Gasteiger partial charge in [-0.25, -0.2) is 14.2 Å². The summed E-state index contributed by atoms with van der Waals surface area (Å²) in [5, 5.41) is 72.6. The summed E-state index contributed by atoms with van der Waals surface area (Å²) < 4.78 is 33.5.